The standard InChI is InChI=1S/C23H21FN12/c1-2-15-12-26-23(27-13-15)34-8-5-16(6-9-34)21-30-31-22-20(25-7-10-35(21)22)29-19-4-3-17(11-18(19)24)36-14-28-32-33-36/h3-5,7,10-14H,2,6,8-9H2,1H3,(H,25,29). The fourth-order valence-corrected chi connectivity index (χ4v) is 4.04. The normalized spacial score (nSPS) is 13.7. The lowest BCUT2D eigenvalue weighted by atomic mass is 10.1. The third kappa shape index (κ3) is 4.00. The van der Waals surface area contributed by atoms with Gasteiger partial charge in [0.05, 0.1) is 11.4 Å². The van der Waals surface area contributed by atoms with Crippen LogP contribution in [0, 0.1) is 5.82 Å². The summed E-state index contributed by atoms with van der Waals surface area (Å²) in [4.78, 5) is 15.5. The van der Waals surface area contributed by atoms with Crippen LogP contribution in [0.4, 0.5) is 21.8 Å². The predicted octanol–water partition coefficient (Wildman–Crippen LogP) is 2.63. The molecule has 0 unspecified atom stereocenters. The number of fused-ring (bicyclic) bond motifs is 1. The van der Waals surface area contributed by atoms with Crippen LogP contribution >= 0.6 is 0 Å². The summed E-state index contributed by atoms with van der Waals surface area (Å²) in [6, 6.07) is 4.64. The van der Waals surface area contributed by atoms with Gasteiger partial charge in [-0.1, -0.05) is 13.0 Å². The number of nitrogens with zero attached hydrogens (tertiary/aromatic N) is 11. The molecule has 5 heterocycles. The van der Waals surface area contributed by atoms with Crippen LogP contribution in [-0.4, -0.2) is 62.8 Å². The lowest BCUT2D eigenvalue weighted by Crippen LogP contribution is -2.30. The highest BCUT2D eigenvalue weighted by Crippen LogP contribution is 2.27. The number of hydrogen-bond acceptors (Lipinski definition) is 10. The molecule has 0 fully saturated rings. The van der Waals surface area contributed by atoms with Gasteiger partial charge in [0.1, 0.15) is 12.1 Å². The van der Waals surface area contributed by atoms with Gasteiger partial charge in [-0.15, -0.1) is 15.3 Å². The molecule has 0 aliphatic carbocycles. The highest BCUT2D eigenvalue weighted by molar-refractivity contribution is 5.73. The SMILES string of the molecule is CCc1cnc(N2CC=C(c3nnc4c(Nc5ccc(-n6cnnn6)cc5F)nccn34)CC2)nc1. The van der Waals surface area contributed by atoms with Crippen molar-refractivity contribution in [1.29, 1.82) is 0 Å². The molecular formula is C23H21FN12. The van der Waals surface area contributed by atoms with Crippen molar-refractivity contribution >= 4 is 28.7 Å². The minimum Gasteiger partial charge on any atom is -0.337 e. The average molecular weight is 485 g/mol. The van der Waals surface area contributed by atoms with E-state index in [1.54, 1.807) is 24.5 Å². The minimum absolute atomic E-state index is 0.249. The molecule has 1 N–H and O–H groups in total. The monoisotopic (exact) mass is 484 g/mol. The molecule has 0 bridgehead atoms. The van der Waals surface area contributed by atoms with E-state index in [1.165, 1.54) is 17.1 Å². The van der Waals surface area contributed by atoms with Crippen LogP contribution in [0.1, 0.15) is 24.7 Å². The molecule has 36 heavy (non-hydrogen) atoms. The van der Waals surface area contributed by atoms with Crippen molar-refractivity contribution < 1.29 is 4.39 Å². The molecule has 0 atom stereocenters. The number of anilines is 3. The van der Waals surface area contributed by atoms with E-state index in [9.17, 15) is 4.39 Å². The smallest absolute Gasteiger partial charge is 0.225 e. The number of benzene rings is 1. The Morgan fingerprint density at radius 1 is 1.11 bits per heavy atom. The molecule has 180 valence electrons. The summed E-state index contributed by atoms with van der Waals surface area (Å²) in [6.45, 7) is 3.52. The van der Waals surface area contributed by atoms with Gasteiger partial charge in [-0.25, -0.2) is 24.0 Å². The van der Waals surface area contributed by atoms with Crippen molar-refractivity contribution in [2.75, 3.05) is 23.3 Å². The van der Waals surface area contributed by atoms with Gasteiger partial charge in [-0.3, -0.25) is 4.40 Å². The Morgan fingerprint density at radius 3 is 2.72 bits per heavy atom. The quantitative estimate of drug-likeness (QED) is 0.384. The van der Waals surface area contributed by atoms with E-state index in [1.807, 2.05) is 16.8 Å². The molecule has 1 aromatic carbocycles. The first-order valence-corrected chi connectivity index (χ1v) is 11.4. The first kappa shape index (κ1) is 21.7. The summed E-state index contributed by atoms with van der Waals surface area (Å²) in [5.74, 6) is 1.37. The Hall–Kier alpha value is -4.81. The molecule has 0 radical (unpaired) electrons. The molecule has 0 amide bonds. The lowest BCUT2D eigenvalue weighted by molar-refractivity contribution is 0.628. The van der Waals surface area contributed by atoms with Crippen LogP contribution in [0.3, 0.4) is 0 Å². The Bertz CT molecular complexity index is 1540. The van der Waals surface area contributed by atoms with E-state index in [4.69, 9.17) is 0 Å². The third-order valence-corrected chi connectivity index (χ3v) is 6.03. The number of aromatic nitrogens is 10. The average Bonchev–Trinajstić information content (AvgIpc) is 3.61. The molecule has 0 spiro atoms. The van der Waals surface area contributed by atoms with E-state index < -0.39 is 5.82 Å². The van der Waals surface area contributed by atoms with E-state index in [0.29, 0.717) is 23.7 Å². The van der Waals surface area contributed by atoms with Crippen molar-refractivity contribution in [2.45, 2.75) is 19.8 Å². The Morgan fingerprint density at radius 2 is 2.00 bits per heavy atom. The van der Waals surface area contributed by atoms with Crippen molar-refractivity contribution in [1.82, 2.24) is 49.8 Å². The molecule has 4 aromatic heterocycles. The van der Waals surface area contributed by atoms with E-state index in [-0.39, 0.29) is 5.69 Å². The van der Waals surface area contributed by atoms with Crippen molar-refractivity contribution in [3.8, 4) is 5.69 Å². The summed E-state index contributed by atoms with van der Waals surface area (Å²) in [7, 11) is 0. The van der Waals surface area contributed by atoms with Gasteiger partial charge < -0.3 is 10.2 Å². The maximum absolute atomic E-state index is 14.8. The number of rotatable bonds is 6. The van der Waals surface area contributed by atoms with Gasteiger partial charge in [-0.05, 0) is 46.5 Å². The first-order valence-electron chi connectivity index (χ1n) is 11.4. The van der Waals surface area contributed by atoms with Crippen LogP contribution < -0.4 is 10.2 Å². The number of nitrogens with one attached hydrogen (secondary N) is 1. The zero-order chi connectivity index (χ0) is 24.5. The molecule has 13 heteroatoms. The van der Waals surface area contributed by atoms with Crippen molar-refractivity contribution in [3.05, 3.63) is 72.6 Å². The molecule has 1 aliphatic rings. The molecular weight excluding hydrogens is 463 g/mol. The zero-order valence-corrected chi connectivity index (χ0v) is 19.3. The number of halogens is 1. The summed E-state index contributed by atoms with van der Waals surface area (Å²) in [6.07, 6.45) is 12.4. The second-order valence-electron chi connectivity index (χ2n) is 8.21. The molecule has 5 aromatic rings. The van der Waals surface area contributed by atoms with Crippen molar-refractivity contribution in [2.24, 2.45) is 0 Å². The number of aryl methyl sites for hydroxylation is 1. The lowest BCUT2D eigenvalue weighted by Gasteiger charge is -2.25. The zero-order valence-electron chi connectivity index (χ0n) is 19.3. The van der Waals surface area contributed by atoms with Crippen LogP contribution in [0.5, 0.6) is 0 Å². The highest BCUT2D eigenvalue weighted by Gasteiger charge is 2.20. The Kier molecular flexibility index (Phi) is 5.48. The summed E-state index contributed by atoms with van der Waals surface area (Å²) in [5.41, 5.74) is 3.43. The maximum atomic E-state index is 14.8. The van der Waals surface area contributed by atoms with Gasteiger partial charge in [0.25, 0.3) is 0 Å². The molecule has 12 nitrogen and oxygen atoms in total. The van der Waals surface area contributed by atoms with Gasteiger partial charge in [0, 0.05) is 43.9 Å². The summed E-state index contributed by atoms with van der Waals surface area (Å²) >= 11 is 0. The van der Waals surface area contributed by atoms with Gasteiger partial charge in [0.15, 0.2) is 11.6 Å². The van der Waals surface area contributed by atoms with Gasteiger partial charge in [0.2, 0.25) is 11.6 Å². The fourth-order valence-electron chi connectivity index (χ4n) is 4.04. The van der Waals surface area contributed by atoms with Crippen LogP contribution in [0.25, 0.3) is 16.9 Å². The highest BCUT2D eigenvalue weighted by atomic mass is 19.1. The largest absolute Gasteiger partial charge is 0.337 e. The van der Waals surface area contributed by atoms with Crippen LogP contribution in [0.15, 0.2) is 55.4 Å². The topological polar surface area (TPSA) is 128 Å². The third-order valence-electron chi connectivity index (χ3n) is 6.03. The summed E-state index contributed by atoms with van der Waals surface area (Å²) < 4.78 is 18.0. The van der Waals surface area contributed by atoms with E-state index in [2.05, 4.69) is 63.9 Å². The maximum Gasteiger partial charge on any atom is 0.225 e. The molecule has 0 saturated carbocycles. The molecule has 0 saturated heterocycles. The molecule has 6 rings (SSSR count). The number of tetrazole rings is 1. The minimum atomic E-state index is -0.476. The van der Waals surface area contributed by atoms with E-state index in [0.717, 1.165) is 42.3 Å². The fraction of sp³-hybridized carbons (Fsp3) is 0.217. The predicted molar refractivity (Wildman–Crippen MR) is 129 cm³/mol. The molecule has 1 aliphatic heterocycles. The van der Waals surface area contributed by atoms with E-state index >= 15 is 0 Å². The summed E-state index contributed by atoms with van der Waals surface area (Å²) in [5, 5.41) is 22.7. The first-order chi connectivity index (χ1) is 17.7. The Balaban J connectivity index is 1.23. The number of hydrogen-bond donors (Lipinski definition) is 1. The van der Waals surface area contributed by atoms with Crippen LogP contribution in [0.2, 0.25) is 0 Å². The second-order valence-corrected chi connectivity index (χ2v) is 8.21. The Labute approximate surface area is 204 Å². The second kappa shape index (κ2) is 9.09. The van der Waals surface area contributed by atoms with Gasteiger partial charge >= 0.3 is 0 Å². The van der Waals surface area contributed by atoms with Crippen molar-refractivity contribution in [3.63, 3.8) is 0 Å². The van der Waals surface area contributed by atoms with Crippen LogP contribution in [-0.2, 0) is 6.42 Å². The van der Waals surface area contributed by atoms with Gasteiger partial charge in [-0.2, -0.15) is 0 Å².